The fourth-order valence-electron chi connectivity index (χ4n) is 4.05. The van der Waals surface area contributed by atoms with E-state index in [1.165, 1.54) is 0 Å². The Morgan fingerprint density at radius 1 is 1.30 bits per heavy atom. The summed E-state index contributed by atoms with van der Waals surface area (Å²) in [4.78, 5) is 38.6. The first kappa shape index (κ1) is 19.7. The molecule has 1 aliphatic carbocycles. The molecule has 0 unspecified atom stereocenters. The van der Waals surface area contributed by atoms with Crippen LogP contribution in [-0.2, 0) is 9.59 Å². The molecular weight excluding hydrogens is 366 g/mol. The Kier molecular flexibility index (Phi) is 5.21. The molecule has 7 heteroatoms. The van der Waals surface area contributed by atoms with E-state index in [0.29, 0.717) is 29.5 Å². The van der Waals surface area contributed by atoms with Crippen molar-refractivity contribution in [3.63, 3.8) is 0 Å². The van der Waals surface area contributed by atoms with E-state index in [-0.39, 0.29) is 17.9 Å². The van der Waals surface area contributed by atoms with Gasteiger partial charge in [0.15, 0.2) is 0 Å². The normalized spacial score (nSPS) is 25.6. The predicted molar refractivity (Wildman–Crippen MR) is 104 cm³/mol. The average molecular weight is 392 g/mol. The third kappa shape index (κ3) is 4.10. The summed E-state index contributed by atoms with van der Waals surface area (Å²) in [5, 5.41) is 6.03. The summed E-state index contributed by atoms with van der Waals surface area (Å²) >= 11 is 5.91. The van der Waals surface area contributed by atoms with Gasteiger partial charge in [-0.15, -0.1) is 0 Å². The highest BCUT2D eigenvalue weighted by molar-refractivity contribution is 6.30. The molecule has 1 aromatic carbocycles. The molecule has 0 radical (unpaired) electrons. The molecule has 2 aliphatic rings. The Bertz CT molecular complexity index is 764. The first-order valence-corrected chi connectivity index (χ1v) is 9.68. The molecule has 1 saturated heterocycles. The summed E-state index contributed by atoms with van der Waals surface area (Å²) in [6, 6.07) is 6.24. The molecule has 1 heterocycles. The molecule has 0 aromatic heterocycles. The lowest BCUT2D eigenvalue weighted by atomic mass is 9.67. The molecule has 0 atom stereocenters. The smallest absolute Gasteiger partial charge is 0.324 e. The van der Waals surface area contributed by atoms with E-state index in [1.807, 2.05) is 0 Å². The second kappa shape index (κ2) is 7.15. The van der Waals surface area contributed by atoms with Gasteiger partial charge in [-0.05, 0) is 55.2 Å². The Hall–Kier alpha value is -2.08. The summed E-state index contributed by atoms with van der Waals surface area (Å²) < 4.78 is 0. The number of hydrogen-bond acceptors (Lipinski definition) is 3. The van der Waals surface area contributed by atoms with Gasteiger partial charge in [-0.3, -0.25) is 14.5 Å². The Balaban J connectivity index is 1.64. The SMILES string of the molecule is CC(C)(C)C1CCC2(CC1)NC(=O)N(CC(=O)Nc1cccc(Cl)c1)C2=O. The first-order valence-electron chi connectivity index (χ1n) is 9.30. The topological polar surface area (TPSA) is 78.5 Å². The maximum atomic E-state index is 12.9. The van der Waals surface area contributed by atoms with Gasteiger partial charge in [-0.25, -0.2) is 4.79 Å². The van der Waals surface area contributed by atoms with Gasteiger partial charge in [0.25, 0.3) is 5.91 Å². The van der Waals surface area contributed by atoms with E-state index in [0.717, 1.165) is 17.7 Å². The van der Waals surface area contributed by atoms with Gasteiger partial charge >= 0.3 is 6.03 Å². The highest BCUT2D eigenvalue weighted by Gasteiger charge is 2.53. The number of nitrogens with zero attached hydrogens (tertiary/aromatic N) is 1. The van der Waals surface area contributed by atoms with E-state index in [2.05, 4.69) is 31.4 Å². The van der Waals surface area contributed by atoms with E-state index >= 15 is 0 Å². The maximum absolute atomic E-state index is 12.9. The highest BCUT2D eigenvalue weighted by atomic mass is 35.5. The van der Waals surface area contributed by atoms with Crippen LogP contribution in [0.3, 0.4) is 0 Å². The molecule has 2 N–H and O–H groups in total. The molecule has 2 fully saturated rings. The van der Waals surface area contributed by atoms with Crippen molar-refractivity contribution in [2.24, 2.45) is 11.3 Å². The zero-order chi connectivity index (χ0) is 19.8. The van der Waals surface area contributed by atoms with Crippen molar-refractivity contribution in [3.8, 4) is 0 Å². The third-order valence-electron chi connectivity index (χ3n) is 5.72. The second-order valence-electron chi connectivity index (χ2n) is 8.60. The van der Waals surface area contributed by atoms with Crippen LogP contribution in [0.5, 0.6) is 0 Å². The van der Waals surface area contributed by atoms with Crippen LogP contribution in [0, 0.1) is 11.3 Å². The van der Waals surface area contributed by atoms with Gasteiger partial charge in [0, 0.05) is 10.7 Å². The third-order valence-corrected chi connectivity index (χ3v) is 5.95. The molecule has 0 bridgehead atoms. The van der Waals surface area contributed by atoms with Gasteiger partial charge in [-0.2, -0.15) is 0 Å². The number of hydrogen-bond donors (Lipinski definition) is 2. The Morgan fingerprint density at radius 2 is 1.96 bits per heavy atom. The minimum Gasteiger partial charge on any atom is -0.324 e. The summed E-state index contributed by atoms with van der Waals surface area (Å²) in [5.41, 5.74) is -0.140. The van der Waals surface area contributed by atoms with Crippen LogP contribution >= 0.6 is 11.6 Å². The maximum Gasteiger partial charge on any atom is 0.325 e. The van der Waals surface area contributed by atoms with Crippen molar-refractivity contribution in [3.05, 3.63) is 29.3 Å². The largest absolute Gasteiger partial charge is 0.325 e. The van der Waals surface area contributed by atoms with Crippen molar-refractivity contribution in [2.75, 3.05) is 11.9 Å². The minimum atomic E-state index is -0.852. The number of carbonyl (C=O) groups excluding carboxylic acids is 3. The number of nitrogens with one attached hydrogen (secondary N) is 2. The van der Waals surface area contributed by atoms with Crippen LogP contribution in [0.15, 0.2) is 24.3 Å². The zero-order valence-electron chi connectivity index (χ0n) is 16.0. The summed E-state index contributed by atoms with van der Waals surface area (Å²) in [6.07, 6.45) is 3.01. The predicted octanol–water partition coefficient (Wildman–Crippen LogP) is 3.81. The molecule has 1 aliphatic heterocycles. The molecule has 1 aromatic rings. The highest BCUT2D eigenvalue weighted by Crippen LogP contribution is 2.43. The second-order valence-corrected chi connectivity index (χ2v) is 9.04. The number of anilines is 1. The fraction of sp³-hybridized carbons (Fsp3) is 0.550. The lowest BCUT2D eigenvalue weighted by molar-refractivity contribution is -0.135. The first-order chi connectivity index (χ1) is 12.6. The summed E-state index contributed by atoms with van der Waals surface area (Å²) in [7, 11) is 0. The van der Waals surface area contributed by atoms with E-state index in [1.54, 1.807) is 24.3 Å². The van der Waals surface area contributed by atoms with Crippen molar-refractivity contribution in [1.29, 1.82) is 0 Å². The number of imide groups is 1. The Morgan fingerprint density at radius 3 is 2.56 bits per heavy atom. The van der Waals surface area contributed by atoms with Crippen LogP contribution in [0.25, 0.3) is 0 Å². The number of carbonyl (C=O) groups is 3. The molecule has 27 heavy (non-hydrogen) atoms. The quantitative estimate of drug-likeness (QED) is 0.769. The van der Waals surface area contributed by atoms with Crippen LogP contribution in [0.1, 0.15) is 46.5 Å². The van der Waals surface area contributed by atoms with Crippen LogP contribution in [0.2, 0.25) is 5.02 Å². The van der Waals surface area contributed by atoms with Gasteiger partial charge in [0.05, 0.1) is 0 Å². The molecule has 4 amide bonds. The van der Waals surface area contributed by atoms with Crippen LogP contribution in [-0.4, -0.2) is 34.8 Å². The molecule has 1 spiro atoms. The summed E-state index contributed by atoms with van der Waals surface area (Å²) in [5.74, 6) is -0.199. The molecular formula is C20H26ClN3O3. The number of benzene rings is 1. The zero-order valence-corrected chi connectivity index (χ0v) is 16.7. The standard InChI is InChI=1S/C20H26ClN3O3/c1-19(2,3)13-7-9-20(10-8-13)17(26)24(18(27)23-20)12-16(25)22-15-6-4-5-14(21)11-15/h4-6,11,13H,7-10,12H2,1-3H3,(H,22,25)(H,23,27). The van der Waals surface area contributed by atoms with E-state index in [9.17, 15) is 14.4 Å². The Labute approximate surface area is 164 Å². The van der Waals surface area contributed by atoms with Gasteiger partial charge in [-0.1, -0.05) is 38.4 Å². The van der Waals surface area contributed by atoms with Gasteiger partial charge in [0.2, 0.25) is 5.91 Å². The number of halogens is 1. The van der Waals surface area contributed by atoms with Crippen LogP contribution < -0.4 is 10.6 Å². The van der Waals surface area contributed by atoms with Crippen molar-refractivity contribution in [1.82, 2.24) is 10.2 Å². The van der Waals surface area contributed by atoms with Gasteiger partial charge in [0.1, 0.15) is 12.1 Å². The van der Waals surface area contributed by atoms with Crippen molar-refractivity contribution in [2.45, 2.75) is 52.0 Å². The van der Waals surface area contributed by atoms with Crippen molar-refractivity contribution >= 4 is 35.1 Å². The summed E-state index contributed by atoms with van der Waals surface area (Å²) in [6.45, 7) is 6.31. The molecule has 6 nitrogen and oxygen atoms in total. The van der Waals surface area contributed by atoms with E-state index in [4.69, 9.17) is 11.6 Å². The molecule has 1 saturated carbocycles. The monoisotopic (exact) mass is 391 g/mol. The van der Waals surface area contributed by atoms with Gasteiger partial charge < -0.3 is 10.6 Å². The fourth-order valence-corrected chi connectivity index (χ4v) is 4.24. The number of urea groups is 1. The molecule has 3 rings (SSSR count). The average Bonchev–Trinajstić information content (AvgIpc) is 2.79. The number of rotatable bonds is 3. The molecule has 146 valence electrons. The lowest BCUT2D eigenvalue weighted by Crippen LogP contribution is -2.50. The van der Waals surface area contributed by atoms with Crippen molar-refractivity contribution < 1.29 is 14.4 Å². The van der Waals surface area contributed by atoms with Crippen LogP contribution in [0.4, 0.5) is 10.5 Å². The minimum absolute atomic E-state index is 0.184. The lowest BCUT2D eigenvalue weighted by Gasteiger charge is -2.40. The number of amides is 4. The van der Waals surface area contributed by atoms with E-state index < -0.39 is 17.5 Å².